The van der Waals surface area contributed by atoms with Gasteiger partial charge in [-0.1, -0.05) is 12.1 Å². The van der Waals surface area contributed by atoms with Crippen LogP contribution in [0.3, 0.4) is 0 Å². The maximum atomic E-state index is 13.0. The zero-order valence-corrected chi connectivity index (χ0v) is 17.8. The van der Waals surface area contributed by atoms with Gasteiger partial charge in [0, 0.05) is 17.4 Å². The highest BCUT2D eigenvalue weighted by Gasteiger charge is 2.54. The van der Waals surface area contributed by atoms with E-state index in [2.05, 4.69) is 10.6 Å². The number of aromatic hydroxyl groups is 1. The summed E-state index contributed by atoms with van der Waals surface area (Å²) in [7, 11) is 0. The molecule has 174 valence electrons. The van der Waals surface area contributed by atoms with E-state index in [9.17, 15) is 30.0 Å². The molecule has 11 heteroatoms. The van der Waals surface area contributed by atoms with E-state index in [0.29, 0.717) is 5.56 Å². The molecule has 2 aromatic rings. The Morgan fingerprint density at radius 2 is 1.85 bits per heavy atom. The Morgan fingerprint density at radius 1 is 1.12 bits per heavy atom. The van der Waals surface area contributed by atoms with Crippen molar-refractivity contribution >= 4 is 23.4 Å². The lowest BCUT2D eigenvalue weighted by atomic mass is 9.68. The predicted octanol–water partition coefficient (Wildman–Crippen LogP) is -0.0498. The van der Waals surface area contributed by atoms with E-state index in [-0.39, 0.29) is 35.3 Å². The van der Waals surface area contributed by atoms with Crippen LogP contribution in [0.2, 0.25) is 0 Å². The first-order valence-electron chi connectivity index (χ1n) is 10.3. The molecule has 2 heterocycles. The number of rotatable bonds is 3. The van der Waals surface area contributed by atoms with Gasteiger partial charge in [-0.3, -0.25) is 9.59 Å². The molecule has 1 aliphatic carbocycles. The zero-order chi connectivity index (χ0) is 23.4. The SMILES string of the molecule is O=C(N[C@H]1[C@H](O)[C@@H](O)C(O)[C@@H]2NC(=O)c3c(cc4c(c3O)OCO4)[C@@H]12)c1ccc(CCl)cc1. The lowest BCUT2D eigenvalue weighted by Gasteiger charge is -2.49. The number of hydrogen-bond acceptors (Lipinski definition) is 8. The molecule has 0 saturated heterocycles. The number of nitrogens with one attached hydrogen (secondary N) is 2. The number of aliphatic hydroxyl groups excluding tert-OH is 3. The number of alkyl halides is 1. The van der Waals surface area contributed by atoms with Gasteiger partial charge < -0.3 is 40.5 Å². The number of carbonyl (C=O) groups excluding carboxylic acids is 2. The van der Waals surface area contributed by atoms with E-state index in [1.54, 1.807) is 24.3 Å². The first kappa shape index (κ1) is 21.8. The molecule has 33 heavy (non-hydrogen) atoms. The van der Waals surface area contributed by atoms with Crippen LogP contribution >= 0.6 is 11.6 Å². The Labute approximate surface area is 192 Å². The number of hydrogen-bond donors (Lipinski definition) is 6. The molecule has 0 aromatic heterocycles. The van der Waals surface area contributed by atoms with Crippen molar-refractivity contribution in [2.24, 2.45) is 0 Å². The fraction of sp³-hybridized carbons (Fsp3) is 0.364. The smallest absolute Gasteiger partial charge is 0.255 e. The van der Waals surface area contributed by atoms with Crippen molar-refractivity contribution < 1.29 is 39.5 Å². The number of aliphatic hydroxyl groups is 3. The second-order valence-electron chi connectivity index (χ2n) is 8.25. The molecule has 1 unspecified atom stereocenters. The lowest BCUT2D eigenvalue weighted by Crippen LogP contribution is -2.69. The molecule has 0 spiro atoms. The van der Waals surface area contributed by atoms with Crippen LogP contribution in [-0.4, -0.2) is 69.4 Å². The van der Waals surface area contributed by atoms with Crippen LogP contribution in [0.25, 0.3) is 0 Å². The van der Waals surface area contributed by atoms with Gasteiger partial charge >= 0.3 is 0 Å². The minimum absolute atomic E-state index is 0.0132. The Kier molecular flexibility index (Phi) is 5.32. The Hall–Kier alpha value is -3.05. The molecule has 1 saturated carbocycles. The summed E-state index contributed by atoms with van der Waals surface area (Å²) in [6.45, 7) is -0.149. The van der Waals surface area contributed by atoms with Gasteiger partial charge in [-0.2, -0.15) is 0 Å². The highest BCUT2D eigenvalue weighted by Crippen LogP contribution is 2.50. The van der Waals surface area contributed by atoms with E-state index in [0.717, 1.165) is 5.56 Å². The number of benzene rings is 2. The van der Waals surface area contributed by atoms with Gasteiger partial charge in [0.05, 0.1) is 17.6 Å². The maximum Gasteiger partial charge on any atom is 0.255 e. The van der Waals surface area contributed by atoms with Gasteiger partial charge in [-0.05, 0) is 29.3 Å². The summed E-state index contributed by atoms with van der Waals surface area (Å²) in [5, 5.41) is 47.8. The van der Waals surface area contributed by atoms with E-state index in [1.807, 2.05) is 0 Å². The summed E-state index contributed by atoms with van der Waals surface area (Å²) in [5.41, 5.74) is 1.25. The van der Waals surface area contributed by atoms with Crippen LogP contribution in [0.5, 0.6) is 17.2 Å². The van der Waals surface area contributed by atoms with Crippen molar-refractivity contribution in [2.75, 3.05) is 6.79 Å². The number of ether oxygens (including phenoxy) is 2. The largest absolute Gasteiger partial charge is 0.504 e. The van der Waals surface area contributed by atoms with Gasteiger partial charge in [0.15, 0.2) is 11.5 Å². The predicted molar refractivity (Wildman–Crippen MR) is 113 cm³/mol. The monoisotopic (exact) mass is 476 g/mol. The molecule has 6 atom stereocenters. The number of phenolic OH excluding ortho intramolecular Hbond substituents is 1. The van der Waals surface area contributed by atoms with Crippen LogP contribution in [-0.2, 0) is 5.88 Å². The molecule has 2 aromatic carbocycles. The van der Waals surface area contributed by atoms with Gasteiger partial charge in [0.1, 0.15) is 18.3 Å². The Bertz CT molecular complexity index is 1120. The average Bonchev–Trinajstić information content (AvgIpc) is 3.29. The minimum atomic E-state index is -1.64. The fourth-order valence-electron chi connectivity index (χ4n) is 4.76. The molecule has 0 radical (unpaired) electrons. The highest BCUT2D eigenvalue weighted by molar-refractivity contribution is 6.17. The third-order valence-electron chi connectivity index (χ3n) is 6.43. The Morgan fingerprint density at radius 3 is 2.55 bits per heavy atom. The van der Waals surface area contributed by atoms with E-state index < -0.39 is 53.9 Å². The van der Waals surface area contributed by atoms with Crippen LogP contribution in [0.4, 0.5) is 0 Å². The van der Waals surface area contributed by atoms with Gasteiger partial charge in [0.25, 0.3) is 11.8 Å². The average molecular weight is 477 g/mol. The quantitative estimate of drug-likeness (QED) is 0.336. The Balaban J connectivity index is 1.57. The maximum absolute atomic E-state index is 13.0. The van der Waals surface area contributed by atoms with Crippen molar-refractivity contribution in [1.82, 2.24) is 10.6 Å². The number of carbonyl (C=O) groups is 2. The summed E-state index contributed by atoms with van der Waals surface area (Å²) in [6, 6.07) is 5.85. The van der Waals surface area contributed by atoms with E-state index in [1.165, 1.54) is 6.07 Å². The molecule has 3 aliphatic rings. The summed E-state index contributed by atoms with van der Waals surface area (Å²) in [4.78, 5) is 25.8. The van der Waals surface area contributed by atoms with Crippen molar-refractivity contribution in [3.8, 4) is 17.2 Å². The standard InChI is InChI=1S/C22H21ClN2O8/c23-6-8-1-3-9(4-2-8)21(30)24-14-12-10-5-11-20(33-7-32-11)16(26)13(10)22(31)25-15(12)18(28)19(29)17(14)27/h1-5,12,14-15,17-19,26-29H,6-7H2,(H,24,30)(H,25,31)/t12-,14+,15+,17-,18?,19+/m0/s1. The van der Waals surface area contributed by atoms with Crippen molar-refractivity contribution in [3.05, 3.63) is 52.6 Å². The number of phenols is 1. The second-order valence-corrected chi connectivity index (χ2v) is 8.52. The zero-order valence-electron chi connectivity index (χ0n) is 17.1. The van der Waals surface area contributed by atoms with Crippen LogP contribution in [0, 0.1) is 0 Å². The van der Waals surface area contributed by atoms with Crippen molar-refractivity contribution in [3.63, 3.8) is 0 Å². The second kappa shape index (κ2) is 8.07. The van der Waals surface area contributed by atoms with Crippen molar-refractivity contribution in [2.45, 2.75) is 42.2 Å². The molecular weight excluding hydrogens is 456 g/mol. The molecule has 2 aliphatic heterocycles. The van der Waals surface area contributed by atoms with Crippen LogP contribution < -0.4 is 20.1 Å². The number of halogens is 1. The lowest BCUT2D eigenvalue weighted by molar-refractivity contribution is -0.117. The van der Waals surface area contributed by atoms with E-state index in [4.69, 9.17) is 21.1 Å². The first-order valence-corrected chi connectivity index (χ1v) is 10.8. The molecule has 1 fully saturated rings. The summed E-state index contributed by atoms with van der Waals surface area (Å²) >= 11 is 5.79. The summed E-state index contributed by atoms with van der Waals surface area (Å²) in [5.74, 6) is -2.06. The molecule has 10 nitrogen and oxygen atoms in total. The molecule has 0 bridgehead atoms. The third-order valence-corrected chi connectivity index (χ3v) is 6.74. The van der Waals surface area contributed by atoms with Gasteiger partial charge in [-0.15, -0.1) is 11.6 Å². The third kappa shape index (κ3) is 3.37. The summed E-state index contributed by atoms with van der Waals surface area (Å²) in [6.07, 6.45) is -4.73. The molecule has 6 N–H and O–H groups in total. The van der Waals surface area contributed by atoms with Crippen molar-refractivity contribution in [1.29, 1.82) is 0 Å². The van der Waals surface area contributed by atoms with Gasteiger partial charge in [0.2, 0.25) is 12.5 Å². The van der Waals surface area contributed by atoms with Crippen LogP contribution in [0.15, 0.2) is 30.3 Å². The molecular formula is C22H21ClN2O8. The highest BCUT2D eigenvalue weighted by atomic mass is 35.5. The number of fused-ring (bicyclic) bond motifs is 4. The minimum Gasteiger partial charge on any atom is -0.504 e. The topological polar surface area (TPSA) is 158 Å². The first-order chi connectivity index (χ1) is 15.8. The fourth-order valence-corrected chi connectivity index (χ4v) is 4.94. The normalized spacial score (nSPS) is 29.6. The van der Waals surface area contributed by atoms with Gasteiger partial charge in [-0.25, -0.2) is 0 Å². The summed E-state index contributed by atoms with van der Waals surface area (Å²) < 4.78 is 10.6. The van der Waals surface area contributed by atoms with Crippen LogP contribution in [0.1, 0.15) is 37.8 Å². The van der Waals surface area contributed by atoms with E-state index >= 15 is 0 Å². The molecule has 5 rings (SSSR count). The molecule has 2 amide bonds. The number of amides is 2.